The van der Waals surface area contributed by atoms with Gasteiger partial charge in [-0.15, -0.1) is 0 Å². The van der Waals surface area contributed by atoms with Crippen LogP contribution in [0.3, 0.4) is 0 Å². The summed E-state index contributed by atoms with van der Waals surface area (Å²) < 4.78 is 5.10. The highest BCUT2D eigenvalue weighted by Crippen LogP contribution is 2.34. The molecule has 1 rings (SSSR count). The molecule has 74 valence electrons. The van der Waals surface area contributed by atoms with E-state index in [1.54, 1.807) is 0 Å². The molecule has 2 heteroatoms. The predicted molar refractivity (Wildman–Crippen MR) is 52.4 cm³/mol. The number of carbonyl (C=O) groups is 1. The van der Waals surface area contributed by atoms with Gasteiger partial charge in [0, 0.05) is 0 Å². The Morgan fingerprint density at radius 1 is 1.38 bits per heavy atom. The van der Waals surface area contributed by atoms with Gasteiger partial charge in [-0.3, -0.25) is 4.79 Å². The van der Waals surface area contributed by atoms with Gasteiger partial charge in [0.1, 0.15) is 5.60 Å². The second kappa shape index (κ2) is 3.95. The number of ether oxygens (including phenoxy) is 1. The largest absolute Gasteiger partial charge is 0.462 e. The maximum absolute atomic E-state index is 10.3. The third kappa shape index (κ3) is 2.58. The molecule has 0 spiro atoms. The van der Waals surface area contributed by atoms with Gasteiger partial charge in [0.15, 0.2) is 0 Å². The van der Waals surface area contributed by atoms with Gasteiger partial charge in [-0.1, -0.05) is 11.1 Å². The monoisotopic (exact) mass is 182 g/mol. The molecule has 2 nitrogen and oxygen atoms in total. The summed E-state index contributed by atoms with van der Waals surface area (Å²) in [6, 6.07) is 0. The summed E-state index contributed by atoms with van der Waals surface area (Å²) >= 11 is 0. The van der Waals surface area contributed by atoms with Crippen molar-refractivity contribution in [2.24, 2.45) is 0 Å². The Balaban J connectivity index is 2.56. The van der Waals surface area contributed by atoms with Crippen LogP contribution in [-0.4, -0.2) is 12.1 Å². The van der Waals surface area contributed by atoms with Crippen LogP contribution in [0.2, 0.25) is 0 Å². The summed E-state index contributed by atoms with van der Waals surface area (Å²) in [6.45, 7) is 6.90. The lowest BCUT2D eigenvalue weighted by atomic mass is 9.82. The number of hydrogen-bond donors (Lipinski definition) is 0. The summed E-state index contributed by atoms with van der Waals surface area (Å²) in [5.41, 5.74) is 2.75. The molecule has 13 heavy (non-hydrogen) atoms. The zero-order chi connectivity index (χ0) is 9.90. The van der Waals surface area contributed by atoms with E-state index in [9.17, 15) is 4.79 Å². The molecule has 0 N–H and O–H groups in total. The molecule has 0 amide bonds. The van der Waals surface area contributed by atoms with Gasteiger partial charge >= 0.3 is 0 Å². The SMILES string of the molecule is CC(C)=C1CCC(C)(OC=O)CC1. The number of rotatable bonds is 2. The van der Waals surface area contributed by atoms with Gasteiger partial charge in [-0.05, 0) is 46.5 Å². The van der Waals surface area contributed by atoms with E-state index in [-0.39, 0.29) is 5.60 Å². The first-order valence-electron chi connectivity index (χ1n) is 4.84. The average molecular weight is 182 g/mol. The van der Waals surface area contributed by atoms with Gasteiger partial charge in [0.05, 0.1) is 0 Å². The molecular formula is C11H18O2. The maximum atomic E-state index is 10.3. The van der Waals surface area contributed by atoms with Crippen molar-refractivity contribution in [1.82, 2.24) is 0 Å². The Hall–Kier alpha value is -0.790. The van der Waals surface area contributed by atoms with Crippen LogP contribution in [0, 0.1) is 0 Å². The lowest BCUT2D eigenvalue weighted by molar-refractivity contribution is -0.144. The van der Waals surface area contributed by atoms with Crippen LogP contribution in [0.15, 0.2) is 11.1 Å². The Labute approximate surface area is 80.0 Å². The summed E-state index contributed by atoms with van der Waals surface area (Å²) in [4.78, 5) is 10.3. The highest BCUT2D eigenvalue weighted by molar-refractivity contribution is 5.38. The van der Waals surface area contributed by atoms with Crippen molar-refractivity contribution in [3.05, 3.63) is 11.1 Å². The van der Waals surface area contributed by atoms with Crippen LogP contribution in [0.5, 0.6) is 0 Å². The van der Waals surface area contributed by atoms with E-state index in [2.05, 4.69) is 13.8 Å². The molecule has 0 heterocycles. The fourth-order valence-corrected chi connectivity index (χ4v) is 1.81. The van der Waals surface area contributed by atoms with Gasteiger partial charge in [0.25, 0.3) is 6.47 Å². The fourth-order valence-electron chi connectivity index (χ4n) is 1.81. The van der Waals surface area contributed by atoms with Crippen molar-refractivity contribution >= 4 is 6.47 Å². The van der Waals surface area contributed by atoms with Gasteiger partial charge in [-0.2, -0.15) is 0 Å². The van der Waals surface area contributed by atoms with Crippen molar-refractivity contribution in [2.75, 3.05) is 0 Å². The van der Waals surface area contributed by atoms with Crippen molar-refractivity contribution in [3.63, 3.8) is 0 Å². The number of carbonyl (C=O) groups excluding carboxylic acids is 1. The Kier molecular flexibility index (Phi) is 3.12. The molecule has 0 aromatic heterocycles. The molecule has 1 aliphatic carbocycles. The van der Waals surface area contributed by atoms with E-state index in [1.807, 2.05) is 6.92 Å². The first kappa shape index (κ1) is 10.3. The molecule has 0 aliphatic heterocycles. The molecule has 0 aromatic rings. The van der Waals surface area contributed by atoms with Crippen molar-refractivity contribution in [3.8, 4) is 0 Å². The van der Waals surface area contributed by atoms with E-state index in [0.717, 1.165) is 25.7 Å². The third-order valence-corrected chi connectivity index (χ3v) is 2.95. The van der Waals surface area contributed by atoms with Crippen LogP contribution in [-0.2, 0) is 9.53 Å². The molecule has 1 fully saturated rings. The molecule has 0 unspecified atom stereocenters. The van der Waals surface area contributed by atoms with Crippen LogP contribution in [0.4, 0.5) is 0 Å². The molecular weight excluding hydrogens is 164 g/mol. The van der Waals surface area contributed by atoms with Gasteiger partial charge in [-0.25, -0.2) is 0 Å². The smallest absolute Gasteiger partial charge is 0.293 e. The number of hydrogen-bond acceptors (Lipinski definition) is 2. The highest BCUT2D eigenvalue weighted by atomic mass is 16.5. The first-order chi connectivity index (χ1) is 6.07. The topological polar surface area (TPSA) is 26.3 Å². The second-order valence-corrected chi connectivity index (χ2v) is 4.27. The van der Waals surface area contributed by atoms with E-state index < -0.39 is 0 Å². The second-order valence-electron chi connectivity index (χ2n) is 4.27. The van der Waals surface area contributed by atoms with Crippen LogP contribution in [0.1, 0.15) is 46.5 Å². The third-order valence-electron chi connectivity index (χ3n) is 2.95. The molecule has 0 radical (unpaired) electrons. The molecule has 1 aliphatic rings. The first-order valence-corrected chi connectivity index (χ1v) is 4.84. The standard InChI is InChI=1S/C11H18O2/c1-9(2)10-4-6-11(3,7-5-10)13-8-12/h8H,4-7H2,1-3H3. The zero-order valence-electron chi connectivity index (χ0n) is 8.72. The minimum atomic E-state index is -0.208. The summed E-state index contributed by atoms with van der Waals surface area (Å²) in [5.74, 6) is 0. The van der Waals surface area contributed by atoms with E-state index >= 15 is 0 Å². The van der Waals surface area contributed by atoms with Crippen LogP contribution >= 0.6 is 0 Å². The summed E-state index contributed by atoms with van der Waals surface area (Å²) in [6.07, 6.45) is 4.08. The molecule has 1 saturated carbocycles. The highest BCUT2D eigenvalue weighted by Gasteiger charge is 2.30. The molecule has 0 saturated heterocycles. The van der Waals surface area contributed by atoms with Crippen molar-refractivity contribution in [1.29, 1.82) is 0 Å². The summed E-state index contributed by atoms with van der Waals surface area (Å²) in [5, 5.41) is 0. The van der Waals surface area contributed by atoms with Crippen molar-refractivity contribution < 1.29 is 9.53 Å². The Bertz CT molecular complexity index is 214. The number of allylic oxidation sites excluding steroid dienone is 2. The van der Waals surface area contributed by atoms with E-state index in [1.165, 1.54) is 11.1 Å². The van der Waals surface area contributed by atoms with Crippen LogP contribution in [0.25, 0.3) is 0 Å². The minimum Gasteiger partial charge on any atom is -0.462 e. The normalized spacial score (nSPS) is 28.4. The van der Waals surface area contributed by atoms with Gasteiger partial charge < -0.3 is 4.74 Å². The molecule has 0 atom stereocenters. The van der Waals surface area contributed by atoms with E-state index in [4.69, 9.17) is 4.74 Å². The summed E-state index contributed by atoms with van der Waals surface area (Å²) in [7, 11) is 0. The van der Waals surface area contributed by atoms with Crippen LogP contribution < -0.4 is 0 Å². The average Bonchev–Trinajstić information content (AvgIpc) is 2.05. The zero-order valence-corrected chi connectivity index (χ0v) is 8.72. The minimum absolute atomic E-state index is 0.208. The lowest BCUT2D eigenvalue weighted by Crippen LogP contribution is -2.31. The van der Waals surface area contributed by atoms with Gasteiger partial charge in [0.2, 0.25) is 0 Å². The van der Waals surface area contributed by atoms with E-state index in [0.29, 0.717) is 6.47 Å². The van der Waals surface area contributed by atoms with Crippen molar-refractivity contribution in [2.45, 2.75) is 52.1 Å². The predicted octanol–water partition coefficient (Wildman–Crippen LogP) is 2.83. The Morgan fingerprint density at radius 3 is 2.31 bits per heavy atom. The molecule has 0 bridgehead atoms. The maximum Gasteiger partial charge on any atom is 0.293 e. The fraction of sp³-hybridized carbons (Fsp3) is 0.727. The lowest BCUT2D eigenvalue weighted by Gasteiger charge is -2.33. The molecule has 0 aromatic carbocycles. The quantitative estimate of drug-likeness (QED) is 0.485. The Morgan fingerprint density at radius 2 is 1.92 bits per heavy atom.